The molecule has 1 saturated heterocycles. The Kier molecular flexibility index (Phi) is 6.80. The Morgan fingerprint density at radius 2 is 1.97 bits per heavy atom. The molecule has 1 aliphatic heterocycles. The summed E-state index contributed by atoms with van der Waals surface area (Å²) in [5, 5.41) is 41.8. The zero-order valence-electron chi connectivity index (χ0n) is 17.6. The summed E-state index contributed by atoms with van der Waals surface area (Å²) in [7, 11) is 1.34. The van der Waals surface area contributed by atoms with Gasteiger partial charge in [-0.05, 0) is 37.3 Å². The minimum Gasteiger partial charge on any atom is -0.506 e. The summed E-state index contributed by atoms with van der Waals surface area (Å²) in [4.78, 5) is 24.6. The van der Waals surface area contributed by atoms with Crippen molar-refractivity contribution in [1.82, 2.24) is 0 Å². The topological polar surface area (TPSA) is 147 Å². The Morgan fingerprint density at radius 1 is 1.29 bits per heavy atom. The monoisotopic (exact) mass is 454 g/mol. The van der Waals surface area contributed by atoms with Gasteiger partial charge in [0.2, 0.25) is 0 Å². The molecule has 0 aliphatic carbocycles. The van der Waals surface area contributed by atoms with Crippen molar-refractivity contribution in [1.29, 1.82) is 0 Å². The first kappa shape index (κ1) is 23.7. The standard InChI is InChI=1S/C21H26O9S/c1-9-10(18-15(25)16(26)19(28-3)21(2,8-22)30-18)5-6-11-14(24)13(12(23)7-31-4)20(27)29-17(9)11/h5-6,15-16,18-19,22,24-26H,7-8H2,1-4H3/t15-,16-,18+,19-,21-/m1/s1. The lowest BCUT2D eigenvalue weighted by Gasteiger charge is -2.48. The van der Waals surface area contributed by atoms with Gasteiger partial charge in [-0.15, -0.1) is 0 Å². The van der Waals surface area contributed by atoms with E-state index in [0.29, 0.717) is 11.1 Å². The number of aromatic hydroxyl groups is 1. The average Bonchev–Trinajstić information content (AvgIpc) is 2.72. The van der Waals surface area contributed by atoms with Crippen molar-refractivity contribution >= 4 is 28.5 Å². The molecule has 1 aliphatic rings. The van der Waals surface area contributed by atoms with E-state index in [1.54, 1.807) is 26.2 Å². The van der Waals surface area contributed by atoms with Crippen molar-refractivity contribution in [3.8, 4) is 5.75 Å². The molecule has 0 unspecified atom stereocenters. The van der Waals surface area contributed by atoms with Gasteiger partial charge in [-0.3, -0.25) is 4.79 Å². The summed E-state index contributed by atoms with van der Waals surface area (Å²) in [6.45, 7) is 2.68. The van der Waals surface area contributed by atoms with Crippen LogP contribution in [0, 0.1) is 6.92 Å². The van der Waals surface area contributed by atoms with Gasteiger partial charge in [0.15, 0.2) is 5.78 Å². The number of benzene rings is 1. The zero-order valence-corrected chi connectivity index (χ0v) is 18.4. The number of aryl methyl sites for hydroxylation is 1. The van der Waals surface area contributed by atoms with E-state index in [-0.39, 0.29) is 16.7 Å². The van der Waals surface area contributed by atoms with Crippen LogP contribution >= 0.6 is 11.8 Å². The van der Waals surface area contributed by atoms with E-state index in [0.717, 1.165) is 0 Å². The molecule has 1 fully saturated rings. The van der Waals surface area contributed by atoms with Crippen LogP contribution in [0.15, 0.2) is 21.3 Å². The summed E-state index contributed by atoms with van der Waals surface area (Å²) < 4.78 is 16.6. The lowest BCUT2D eigenvalue weighted by atomic mass is 9.83. The largest absolute Gasteiger partial charge is 0.506 e. The van der Waals surface area contributed by atoms with Crippen LogP contribution in [-0.2, 0) is 9.47 Å². The number of aliphatic hydroxyl groups excluding tert-OH is 3. The van der Waals surface area contributed by atoms with Crippen molar-refractivity contribution in [3.05, 3.63) is 39.2 Å². The number of ether oxygens (including phenoxy) is 2. The molecule has 3 rings (SSSR count). The second-order valence-corrected chi connectivity index (χ2v) is 8.64. The molecule has 4 N–H and O–H groups in total. The van der Waals surface area contributed by atoms with Crippen molar-refractivity contribution in [3.63, 3.8) is 0 Å². The van der Waals surface area contributed by atoms with Crippen LogP contribution in [0.25, 0.3) is 11.0 Å². The number of methoxy groups -OCH3 is 1. The van der Waals surface area contributed by atoms with Crippen molar-refractivity contribution < 1.29 is 39.1 Å². The predicted molar refractivity (Wildman–Crippen MR) is 114 cm³/mol. The number of carbonyl (C=O) groups excluding carboxylic acids is 1. The highest BCUT2D eigenvalue weighted by molar-refractivity contribution is 7.99. The van der Waals surface area contributed by atoms with Crippen LogP contribution in [0.1, 0.15) is 34.5 Å². The summed E-state index contributed by atoms with van der Waals surface area (Å²) in [6, 6.07) is 3.00. The summed E-state index contributed by atoms with van der Waals surface area (Å²) in [5.41, 5.74) is -1.88. The Hall–Kier alpha value is -1.95. The minimum absolute atomic E-state index is 0.0152. The molecule has 0 amide bonds. The maximum atomic E-state index is 12.4. The van der Waals surface area contributed by atoms with Gasteiger partial charge in [0, 0.05) is 7.11 Å². The first-order chi connectivity index (χ1) is 14.6. The molecule has 2 heterocycles. The molecule has 0 saturated carbocycles. The average molecular weight is 454 g/mol. The number of carbonyl (C=O) groups is 1. The fourth-order valence-corrected chi connectivity index (χ4v) is 4.47. The first-order valence-corrected chi connectivity index (χ1v) is 11.0. The summed E-state index contributed by atoms with van der Waals surface area (Å²) in [6.07, 6.45) is -3.11. The van der Waals surface area contributed by atoms with Crippen molar-refractivity contribution in [2.45, 2.75) is 43.9 Å². The minimum atomic E-state index is -1.40. The number of rotatable bonds is 6. The van der Waals surface area contributed by atoms with Crippen LogP contribution in [0.2, 0.25) is 0 Å². The van der Waals surface area contributed by atoms with Crippen molar-refractivity contribution in [2.24, 2.45) is 0 Å². The molecule has 0 spiro atoms. The molecule has 10 heteroatoms. The van der Waals surface area contributed by atoms with Gasteiger partial charge in [-0.2, -0.15) is 11.8 Å². The van der Waals surface area contributed by atoms with E-state index >= 15 is 0 Å². The van der Waals surface area contributed by atoms with Crippen LogP contribution in [0.4, 0.5) is 0 Å². The molecular weight excluding hydrogens is 428 g/mol. The number of fused-ring (bicyclic) bond motifs is 1. The van der Waals surface area contributed by atoms with Gasteiger partial charge in [0.05, 0.1) is 17.7 Å². The number of Topliss-reactive ketones (excluding diaryl/α,β-unsaturated/α-hetero) is 1. The number of hydrogen-bond donors (Lipinski definition) is 4. The Morgan fingerprint density at radius 3 is 2.55 bits per heavy atom. The van der Waals surface area contributed by atoms with Crippen LogP contribution in [0.5, 0.6) is 5.75 Å². The van der Waals surface area contributed by atoms with E-state index in [1.165, 1.54) is 24.9 Å². The maximum absolute atomic E-state index is 12.4. The molecule has 5 atom stereocenters. The molecule has 2 aromatic rings. The fraction of sp³-hybridized carbons (Fsp3) is 0.524. The third kappa shape index (κ3) is 3.88. The van der Waals surface area contributed by atoms with Gasteiger partial charge in [-0.1, -0.05) is 6.07 Å². The highest BCUT2D eigenvalue weighted by Crippen LogP contribution is 2.42. The predicted octanol–water partition coefficient (Wildman–Crippen LogP) is 0.912. The fourth-order valence-electron chi connectivity index (χ4n) is 4.07. The summed E-state index contributed by atoms with van der Waals surface area (Å²) >= 11 is 1.22. The number of aliphatic hydroxyl groups is 3. The van der Waals surface area contributed by atoms with Crippen molar-refractivity contribution in [2.75, 3.05) is 25.7 Å². The smallest absolute Gasteiger partial charge is 0.351 e. The van der Waals surface area contributed by atoms with Crippen LogP contribution in [-0.4, -0.2) is 75.8 Å². The second-order valence-electron chi connectivity index (χ2n) is 7.77. The van der Waals surface area contributed by atoms with Gasteiger partial charge < -0.3 is 34.3 Å². The SMILES string of the molecule is CO[C@@H]1[C@H](O)[C@@H](O)[C@H](c2ccc3c(O)c(C(=O)CSC)c(=O)oc3c2C)O[C@]1(C)CO. The Bertz CT molecular complexity index is 1050. The highest BCUT2D eigenvalue weighted by atomic mass is 32.2. The Labute approximate surface area is 182 Å². The highest BCUT2D eigenvalue weighted by Gasteiger charge is 2.52. The van der Waals surface area contributed by atoms with E-state index < -0.39 is 59.3 Å². The maximum Gasteiger partial charge on any atom is 0.351 e. The molecule has 0 radical (unpaired) electrons. The van der Waals surface area contributed by atoms with Gasteiger partial charge >= 0.3 is 5.63 Å². The zero-order chi connectivity index (χ0) is 23.1. The number of ketones is 1. The quantitative estimate of drug-likeness (QED) is 0.367. The van der Waals surface area contributed by atoms with Gasteiger partial charge in [-0.25, -0.2) is 4.79 Å². The van der Waals surface area contributed by atoms with Crippen LogP contribution < -0.4 is 5.63 Å². The van der Waals surface area contributed by atoms with Gasteiger partial charge in [0.1, 0.15) is 46.9 Å². The molecule has 31 heavy (non-hydrogen) atoms. The third-order valence-electron chi connectivity index (χ3n) is 5.74. The van der Waals surface area contributed by atoms with Crippen LogP contribution in [0.3, 0.4) is 0 Å². The van der Waals surface area contributed by atoms with E-state index in [9.17, 15) is 30.0 Å². The third-order valence-corrected chi connectivity index (χ3v) is 6.29. The van der Waals surface area contributed by atoms with Gasteiger partial charge in [0.25, 0.3) is 0 Å². The lowest BCUT2D eigenvalue weighted by Crippen LogP contribution is -2.62. The number of thioether (sulfide) groups is 1. The lowest BCUT2D eigenvalue weighted by molar-refractivity contribution is -0.279. The Balaban J connectivity index is 2.14. The molecule has 1 aromatic heterocycles. The van der Waals surface area contributed by atoms with E-state index in [4.69, 9.17) is 13.9 Å². The molecule has 170 valence electrons. The number of hydrogen-bond acceptors (Lipinski definition) is 10. The normalized spacial score (nSPS) is 28.7. The second kappa shape index (κ2) is 8.89. The molecule has 9 nitrogen and oxygen atoms in total. The van der Waals surface area contributed by atoms with E-state index in [2.05, 4.69) is 0 Å². The first-order valence-electron chi connectivity index (χ1n) is 9.60. The molecule has 1 aromatic carbocycles. The molecule has 0 bridgehead atoms. The van der Waals surface area contributed by atoms with E-state index in [1.807, 2.05) is 0 Å². The molecular formula is C21H26O9S. The summed E-state index contributed by atoms with van der Waals surface area (Å²) in [5.74, 6) is -0.994.